The van der Waals surface area contributed by atoms with Gasteiger partial charge < -0.3 is 9.80 Å². The van der Waals surface area contributed by atoms with E-state index < -0.39 is 0 Å². The van der Waals surface area contributed by atoms with Crippen LogP contribution in [0.3, 0.4) is 0 Å². The van der Waals surface area contributed by atoms with Crippen LogP contribution in [-0.4, -0.2) is 37.0 Å². The summed E-state index contributed by atoms with van der Waals surface area (Å²) in [7, 11) is 5.92. The number of halogens is 1. The molecule has 0 aliphatic heterocycles. The van der Waals surface area contributed by atoms with Crippen LogP contribution in [0.2, 0.25) is 5.02 Å². The van der Waals surface area contributed by atoms with Crippen molar-refractivity contribution in [2.45, 2.75) is 19.6 Å². The predicted molar refractivity (Wildman–Crippen MR) is 125 cm³/mol. The van der Waals surface area contributed by atoms with E-state index in [1.165, 1.54) is 5.56 Å². The Morgan fingerprint density at radius 3 is 1.67 bits per heavy atom. The maximum atomic E-state index is 13.4. The molecule has 0 unspecified atom stereocenters. The summed E-state index contributed by atoms with van der Waals surface area (Å²) in [6.45, 7) is 1.93. The van der Waals surface area contributed by atoms with Crippen molar-refractivity contribution >= 4 is 23.3 Å². The highest BCUT2D eigenvalue weighted by atomic mass is 35.5. The van der Waals surface area contributed by atoms with E-state index in [2.05, 4.69) is 43.3 Å². The first-order valence-electron chi connectivity index (χ1n) is 9.97. The molecule has 0 aliphatic carbocycles. The van der Waals surface area contributed by atoms with Gasteiger partial charge in [0.2, 0.25) is 0 Å². The highest BCUT2D eigenvalue weighted by Gasteiger charge is 2.20. The van der Waals surface area contributed by atoms with Gasteiger partial charge in [0.05, 0.1) is 0 Å². The minimum absolute atomic E-state index is 0.0477. The van der Waals surface area contributed by atoms with Crippen molar-refractivity contribution in [1.82, 2.24) is 9.80 Å². The number of anilines is 1. The largest absolute Gasteiger partial charge is 0.324 e. The Kier molecular flexibility index (Phi) is 7.50. The predicted octanol–water partition coefficient (Wildman–Crippen LogP) is 5.66. The van der Waals surface area contributed by atoms with Gasteiger partial charge in [-0.15, -0.1) is 0 Å². The summed E-state index contributed by atoms with van der Waals surface area (Å²) in [6, 6.07) is 25.7. The van der Waals surface area contributed by atoms with E-state index in [4.69, 9.17) is 11.6 Å². The van der Waals surface area contributed by atoms with Gasteiger partial charge in [-0.3, -0.25) is 4.90 Å². The molecule has 3 aromatic rings. The maximum absolute atomic E-state index is 13.4. The second kappa shape index (κ2) is 10.3. The molecule has 2 amide bonds. The summed E-state index contributed by atoms with van der Waals surface area (Å²) < 4.78 is 0. The molecule has 0 radical (unpaired) electrons. The fourth-order valence-electron chi connectivity index (χ4n) is 3.31. The van der Waals surface area contributed by atoms with Crippen LogP contribution < -0.4 is 4.90 Å². The van der Waals surface area contributed by atoms with Crippen molar-refractivity contribution in [3.63, 3.8) is 0 Å². The number of urea groups is 1. The fourth-order valence-corrected chi connectivity index (χ4v) is 3.44. The Bertz CT molecular complexity index is 940. The van der Waals surface area contributed by atoms with Gasteiger partial charge in [0.15, 0.2) is 0 Å². The van der Waals surface area contributed by atoms with Crippen LogP contribution in [0.5, 0.6) is 0 Å². The third-order valence-electron chi connectivity index (χ3n) is 4.88. The zero-order chi connectivity index (χ0) is 21.5. The lowest BCUT2D eigenvalue weighted by Crippen LogP contribution is -2.40. The van der Waals surface area contributed by atoms with Gasteiger partial charge in [-0.05, 0) is 55.1 Å². The quantitative estimate of drug-likeness (QED) is 0.492. The second-order valence-corrected chi connectivity index (χ2v) is 8.15. The number of benzene rings is 3. The lowest BCUT2D eigenvalue weighted by atomic mass is 10.1. The summed E-state index contributed by atoms with van der Waals surface area (Å²) in [5, 5.41) is 0.689. The minimum Gasteiger partial charge on any atom is -0.316 e. The molecule has 0 aliphatic rings. The molecule has 0 bridgehead atoms. The van der Waals surface area contributed by atoms with Crippen molar-refractivity contribution in [1.29, 1.82) is 0 Å². The third-order valence-corrected chi connectivity index (χ3v) is 5.13. The molecule has 30 heavy (non-hydrogen) atoms. The van der Waals surface area contributed by atoms with Crippen LogP contribution in [0.4, 0.5) is 10.5 Å². The Morgan fingerprint density at radius 1 is 0.700 bits per heavy atom. The van der Waals surface area contributed by atoms with Gasteiger partial charge in [-0.25, -0.2) is 4.79 Å². The molecule has 0 aromatic heterocycles. The monoisotopic (exact) mass is 421 g/mol. The maximum Gasteiger partial charge on any atom is 0.324 e. The van der Waals surface area contributed by atoms with Crippen LogP contribution in [0, 0.1) is 0 Å². The zero-order valence-electron chi connectivity index (χ0n) is 17.8. The first kappa shape index (κ1) is 21.9. The topological polar surface area (TPSA) is 26.8 Å². The Hall–Kier alpha value is -2.82. The number of para-hydroxylation sites is 1. The normalized spacial score (nSPS) is 10.8. The number of rotatable bonds is 7. The lowest BCUT2D eigenvalue weighted by Gasteiger charge is -2.29. The molecular formula is C25H28ClN3O. The van der Waals surface area contributed by atoms with Crippen molar-refractivity contribution in [2.24, 2.45) is 0 Å². The first-order chi connectivity index (χ1) is 14.4. The van der Waals surface area contributed by atoms with Crippen molar-refractivity contribution in [3.05, 3.63) is 101 Å². The average Bonchev–Trinajstić information content (AvgIpc) is 2.75. The molecule has 0 saturated heterocycles. The molecule has 0 heterocycles. The Balaban J connectivity index is 1.81. The molecule has 0 spiro atoms. The Morgan fingerprint density at radius 2 is 1.17 bits per heavy atom. The van der Waals surface area contributed by atoms with Crippen molar-refractivity contribution < 1.29 is 4.79 Å². The molecule has 0 atom stereocenters. The standard InChI is InChI=1S/C25H28ClN3O/c1-27(2)17-20-9-11-21(12-10-20)18-29(19-22-13-15-23(26)16-14-22)25(30)28(3)24-7-5-4-6-8-24/h4-16H,17-19H2,1-3H3. The number of nitrogens with zero attached hydrogens (tertiary/aromatic N) is 3. The number of hydrogen-bond donors (Lipinski definition) is 0. The summed E-state index contributed by atoms with van der Waals surface area (Å²) in [6.07, 6.45) is 0. The molecule has 4 nitrogen and oxygen atoms in total. The van der Waals surface area contributed by atoms with Crippen LogP contribution in [0.25, 0.3) is 0 Å². The molecular weight excluding hydrogens is 394 g/mol. The molecule has 0 fully saturated rings. The van der Waals surface area contributed by atoms with E-state index in [1.54, 1.807) is 4.90 Å². The van der Waals surface area contributed by atoms with Crippen LogP contribution >= 0.6 is 11.6 Å². The number of carbonyl (C=O) groups is 1. The highest BCUT2D eigenvalue weighted by molar-refractivity contribution is 6.30. The first-order valence-corrected chi connectivity index (χ1v) is 10.3. The van der Waals surface area contributed by atoms with E-state index in [1.807, 2.05) is 66.5 Å². The number of hydrogen-bond acceptors (Lipinski definition) is 2. The van der Waals surface area contributed by atoms with E-state index >= 15 is 0 Å². The van der Waals surface area contributed by atoms with E-state index in [-0.39, 0.29) is 6.03 Å². The summed E-state index contributed by atoms with van der Waals surface area (Å²) >= 11 is 6.03. The van der Waals surface area contributed by atoms with Gasteiger partial charge in [0, 0.05) is 37.4 Å². The van der Waals surface area contributed by atoms with E-state index in [9.17, 15) is 4.79 Å². The minimum atomic E-state index is -0.0477. The van der Waals surface area contributed by atoms with Crippen LogP contribution in [-0.2, 0) is 19.6 Å². The third kappa shape index (κ3) is 6.09. The van der Waals surface area contributed by atoms with Crippen molar-refractivity contribution in [2.75, 3.05) is 26.0 Å². The lowest BCUT2D eigenvalue weighted by molar-refractivity contribution is 0.200. The van der Waals surface area contributed by atoms with Crippen LogP contribution in [0.1, 0.15) is 16.7 Å². The average molecular weight is 422 g/mol. The molecule has 0 N–H and O–H groups in total. The number of carbonyl (C=O) groups excluding carboxylic acids is 1. The molecule has 5 heteroatoms. The molecule has 0 saturated carbocycles. The summed E-state index contributed by atoms with van der Waals surface area (Å²) in [4.78, 5) is 19.0. The fraction of sp³-hybridized carbons (Fsp3) is 0.240. The molecule has 3 rings (SSSR count). The SMILES string of the molecule is CN(C)Cc1ccc(CN(Cc2ccc(Cl)cc2)C(=O)N(C)c2ccccc2)cc1. The molecule has 3 aromatic carbocycles. The summed E-state index contributed by atoms with van der Waals surface area (Å²) in [5.74, 6) is 0. The molecule has 156 valence electrons. The van der Waals surface area contributed by atoms with Gasteiger partial charge in [0.1, 0.15) is 0 Å². The van der Waals surface area contributed by atoms with Crippen molar-refractivity contribution in [3.8, 4) is 0 Å². The van der Waals surface area contributed by atoms with Gasteiger partial charge in [-0.2, -0.15) is 0 Å². The zero-order valence-corrected chi connectivity index (χ0v) is 18.5. The van der Waals surface area contributed by atoms with Gasteiger partial charge in [-0.1, -0.05) is 66.2 Å². The van der Waals surface area contributed by atoms with Crippen LogP contribution in [0.15, 0.2) is 78.9 Å². The van der Waals surface area contributed by atoms with Gasteiger partial charge >= 0.3 is 6.03 Å². The van der Waals surface area contributed by atoms with Gasteiger partial charge in [0.25, 0.3) is 0 Å². The van der Waals surface area contributed by atoms with E-state index in [0.29, 0.717) is 18.1 Å². The number of amides is 2. The highest BCUT2D eigenvalue weighted by Crippen LogP contribution is 2.19. The second-order valence-electron chi connectivity index (χ2n) is 7.71. The summed E-state index contributed by atoms with van der Waals surface area (Å²) in [5.41, 5.74) is 4.25. The Labute approximate surface area is 184 Å². The smallest absolute Gasteiger partial charge is 0.316 e. The van der Waals surface area contributed by atoms with E-state index in [0.717, 1.165) is 23.4 Å².